The zero-order valence-electron chi connectivity index (χ0n) is 17.3. The van der Waals surface area contributed by atoms with E-state index < -0.39 is 6.10 Å². The SMILES string of the molecule is CC(Oc1cccc(Cl)c1)C(=O)NCCn1cc(C(=O)N2CCCN(C)CC2)nn1. The van der Waals surface area contributed by atoms with Crippen LogP contribution in [-0.4, -0.2) is 82.5 Å². The molecule has 1 aliphatic rings. The van der Waals surface area contributed by atoms with E-state index in [0.717, 1.165) is 26.1 Å². The van der Waals surface area contributed by atoms with E-state index in [4.69, 9.17) is 16.3 Å². The predicted molar refractivity (Wildman–Crippen MR) is 113 cm³/mol. The normalized spacial score (nSPS) is 16.0. The topological polar surface area (TPSA) is 92.6 Å². The van der Waals surface area contributed by atoms with E-state index in [1.807, 2.05) is 4.90 Å². The van der Waals surface area contributed by atoms with E-state index in [-0.39, 0.29) is 11.8 Å². The Morgan fingerprint density at radius 2 is 2.10 bits per heavy atom. The smallest absolute Gasteiger partial charge is 0.276 e. The second-order valence-corrected chi connectivity index (χ2v) is 7.76. The van der Waals surface area contributed by atoms with Crippen molar-refractivity contribution in [3.63, 3.8) is 0 Å². The number of ether oxygens (including phenoxy) is 1. The lowest BCUT2D eigenvalue weighted by Gasteiger charge is -2.18. The Morgan fingerprint density at radius 3 is 2.90 bits per heavy atom. The molecule has 162 valence electrons. The lowest BCUT2D eigenvalue weighted by molar-refractivity contribution is -0.127. The van der Waals surface area contributed by atoms with Crippen molar-refractivity contribution in [2.75, 3.05) is 39.8 Å². The quantitative estimate of drug-likeness (QED) is 0.706. The summed E-state index contributed by atoms with van der Waals surface area (Å²) in [5.74, 6) is 0.175. The van der Waals surface area contributed by atoms with Crippen molar-refractivity contribution in [1.29, 1.82) is 0 Å². The number of aromatic nitrogens is 3. The number of likely N-dealkylation sites (N-methyl/N-ethyl adjacent to an activating group) is 1. The van der Waals surface area contributed by atoms with Crippen LogP contribution < -0.4 is 10.1 Å². The minimum absolute atomic E-state index is 0.107. The molecule has 1 N–H and O–H groups in total. The molecule has 2 aromatic rings. The molecular formula is C20H27ClN6O3. The molecule has 0 spiro atoms. The third-order valence-electron chi connectivity index (χ3n) is 4.88. The molecule has 0 aliphatic carbocycles. The molecular weight excluding hydrogens is 408 g/mol. The van der Waals surface area contributed by atoms with Gasteiger partial charge in [-0.1, -0.05) is 22.9 Å². The Balaban J connectivity index is 1.44. The standard InChI is InChI=1S/C20H27ClN6O3/c1-15(30-17-6-3-5-16(21)13-17)19(28)22-7-10-27-14-18(23-24-27)20(29)26-9-4-8-25(2)11-12-26/h3,5-6,13-15H,4,7-12H2,1-2H3,(H,22,28). The van der Waals surface area contributed by atoms with Gasteiger partial charge in [0.05, 0.1) is 12.7 Å². The Morgan fingerprint density at radius 1 is 1.27 bits per heavy atom. The molecule has 0 bridgehead atoms. The molecule has 1 aromatic heterocycles. The summed E-state index contributed by atoms with van der Waals surface area (Å²) in [4.78, 5) is 28.9. The van der Waals surface area contributed by atoms with Crippen molar-refractivity contribution in [1.82, 2.24) is 30.1 Å². The Bertz CT molecular complexity index is 874. The van der Waals surface area contributed by atoms with Gasteiger partial charge in [0.1, 0.15) is 5.75 Å². The van der Waals surface area contributed by atoms with Gasteiger partial charge < -0.3 is 19.9 Å². The zero-order chi connectivity index (χ0) is 21.5. The number of hydrogen-bond donors (Lipinski definition) is 1. The third kappa shape index (κ3) is 6.17. The maximum atomic E-state index is 12.6. The number of carbonyl (C=O) groups excluding carboxylic acids is 2. The van der Waals surface area contributed by atoms with Crippen LogP contribution in [0.5, 0.6) is 5.75 Å². The van der Waals surface area contributed by atoms with Gasteiger partial charge in [-0.3, -0.25) is 9.59 Å². The van der Waals surface area contributed by atoms with Crippen molar-refractivity contribution >= 4 is 23.4 Å². The van der Waals surface area contributed by atoms with Gasteiger partial charge in [0.15, 0.2) is 11.8 Å². The Labute approximate surface area is 180 Å². The van der Waals surface area contributed by atoms with E-state index in [9.17, 15) is 9.59 Å². The molecule has 30 heavy (non-hydrogen) atoms. The molecule has 1 fully saturated rings. The molecule has 9 nitrogen and oxygen atoms in total. The third-order valence-corrected chi connectivity index (χ3v) is 5.12. The molecule has 1 saturated heterocycles. The summed E-state index contributed by atoms with van der Waals surface area (Å²) < 4.78 is 7.15. The fourth-order valence-electron chi connectivity index (χ4n) is 3.15. The number of carbonyl (C=O) groups is 2. The molecule has 1 aromatic carbocycles. The monoisotopic (exact) mass is 434 g/mol. The summed E-state index contributed by atoms with van der Waals surface area (Å²) in [5, 5.41) is 11.3. The van der Waals surface area contributed by atoms with E-state index in [2.05, 4.69) is 27.6 Å². The first kappa shape index (κ1) is 22.0. The number of amides is 2. The largest absolute Gasteiger partial charge is 0.481 e. The number of nitrogens with one attached hydrogen (secondary N) is 1. The number of hydrogen-bond acceptors (Lipinski definition) is 6. The Hall–Kier alpha value is -2.65. The molecule has 1 atom stereocenters. The van der Waals surface area contributed by atoms with Crippen LogP contribution in [0, 0.1) is 0 Å². The molecule has 2 amide bonds. The average Bonchev–Trinajstić information content (AvgIpc) is 3.08. The average molecular weight is 435 g/mol. The summed E-state index contributed by atoms with van der Waals surface area (Å²) in [6.07, 6.45) is 1.89. The number of nitrogens with zero attached hydrogens (tertiary/aromatic N) is 5. The van der Waals surface area contributed by atoms with E-state index in [1.54, 1.807) is 42.1 Å². The van der Waals surface area contributed by atoms with Crippen molar-refractivity contribution in [2.24, 2.45) is 0 Å². The highest BCUT2D eigenvalue weighted by Crippen LogP contribution is 2.18. The van der Waals surface area contributed by atoms with Crippen LogP contribution in [-0.2, 0) is 11.3 Å². The van der Waals surface area contributed by atoms with Crippen LogP contribution in [0.1, 0.15) is 23.8 Å². The van der Waals surface area contributed by atoms with Gasteiger partial charge in [-0.05, 0) is 45.1 Å². The van der Waals surface area contributed by atoms with Crippen molar-refractivity contribution < 1.29 is 14.3 Å². The minimum Gasteiger partial charge on any atom is -0.481 e. The van der Waals surface area contributed by atoms with Gasteiger partial charge in [-0.15, -0.1) is 5.10 Å². The van der Waals surface area contributed by atoms with Gasteiger partial charge in [-0.25, -0.2) is 4.68 Å². The van der Waals surface area contributed by atoms with Crippen molar-refractivity contribution in [3.8, 4) is 5.75 Å². The number of rotatable bonds is 7. The first-order valence-corrected chi connectivity index (χ1v) is 10.4. The first-order valence-electron chi connectivity index (χ1n) is 10.0. The minimum atomic E-state index is -0.669. The molecule has 0 radical (unpaired) electrons. The lowest BCUT2D eigenvalue weighted by atomic mass is 10.3. The molecule has 0 saturated carbocycles. The molecule has 3 rings (SSSR count). The molecule has 10 heteroatoms. The number of halogens is 1. The first-order chi connectivity index (χ1) is 14.4. The fraction of sp³-hybridized carbons (Fsp3) is 0.500. The van der Waals surface area contributed by atoms with Crippen LogP contribution >= 0.6 is 11.6 Å². The predicted octanol–water partition coefficient (Wildman–Crippen LogP) is 1.29. The summed E-state index contributed by atoms with van der Waals surface area (Å²) in [7, 11) is 2.06. The van der Waals surface area contributed by atoms with Crippen LogP contribution in [0.25, 0.3) is 0 Å². The van der Waals surface area contributed by atoms with Gasteiger partial charge in [0, 0.05) is 31.2 Å². The van der Waals surface area contributed by atoms with E-state index >= 15 is 0 Å². The highest BCUT2D eigenvalue weighted by molar-refractivity contribution is 6.30. The van der Waals surface area contributed by atoms with Gasteiger partial charge >= 0.3 is 0 Å². The van der Waals surface area contributed by atoms with Crippen LogP contribution in [0.4, 0.5) is 0 Å². The molecule has 1 aliphatic heterocycles. The lowest BCUT2D eigenvalue weighted by Crippen LogP contribution is -2.38. The number of benzene rings is 1. The second-order valence-electron chi connectivity index (χ2n) is 7.32. The molecule has 1 unspecified atom stereocenters. The zero-order valence-corrected chi connectivity index (χ0v) is 18.0. The highest BCUT2D eigenvalue weighted by atomic mass is 35.5. The Kier molecular flexibility index (Phi) is 7.64. The highest BCUT2D eigenvalue weighted by Gasteiger charge is 2.21. The maximum Gasteiger partial charge on any atom is 0.276 e. The summed E-state index contributed by atoms with van der Waals surface area (Å²) >= 11 is 5.92. The summed E-state index contributed by atoms with van der Waals surface area (Å²) in [6.45, 7) is 5.64. The summed E-state index contributed by atoms with van der Waals surface area (Å²) in [5.41, 5.74) is 0.323. The molecule has 2 heterocycles. The van der Waals surface area contributed by atoms with Crippen LogP contribution in [0.2, 0.25) is 5.02 Å². The maximum absolute atomic E-state index is 12.6. The van der Waals surface area contributed by atoms with Gasteiger partial charge in [0.2, 0.25) is 0 Å². The van der Waals surface area contributed by atoms with Gasteiger partial charge in [0.25, 0.3) is 11.8 Å². The van der Waals surface area contributed by atoms with Crippen LogP contribution in [0.3, 0.4) is 0 Å². The summed E-state index contributed by atoms with van der Waals surface area (Å²) in [6, 6.07) is 6.89. The van der Waals surface area contributed by atoms with Crippen LogP contribution in [0.15, 0.2) is 30.5 Å². The van der Waals surface area contributed by atoms with Crippen molar-refractivity contribution in [2.45, 2.75) is 26.0 Å². The van der Waals surface area contributed by atoms with E-state index in [1.165, 1.54) is 0 Å². The second kappa shape index (κ2) is 10.4. The van der Waals surface area contributed by atoms with E-state index in [0.29, 0.717) is 36.1 Å². The fourth-order valence-corrected chi connectivity index (χ4v) is 3.33. The van der Waals surface area contributed by atoms with Crippen molar-refractivity contribution in [3.05, 3.63) is 41.2 Å². The van der Waals surface area contributed by atoms with Gasteiger partial charge in [-0.2, -0.15) is 0 Å².